The molecule has 0 saturated heterocycles. The Morgan fingerprint density at radius 1 is 1.22 bits per heavy atom. The molecule has 1 saturated carbocycles. The van der Waals surface area contributed by atoms with Gasteiger partial charge in [0.2, 0.25) is 0 Å². The van der Waals surface area contributed by atoms with Crippen LogP contribution in [-0.2, 0) is 6.18 Å². The summed E-state index contributed by atoms with van der Waals surface area (Å²) >= 11 is 0. The fourth-order valence-electron chi connectivity index (χ4n) is 2.28. The SMILES string of the molecule is CN(CCC1CC1)c1cc(C(F)(F)F)nc(-c2ccccn2)n1. The third-order valence-corrected chi connectivity index (χ3v) is 3.86. The number of halogens is 3. The zero-order chi connectivity index (χ0) is 16.4. The van der Waals surface area contributed by atoms with Gasteiger partial charge in [-0.05, 0) is 24.5 Å². The van der Waals surface area contributed by atoms with Crippen LogP contribution in [0.3, 0.4) is 0 Å². The van der Waals surface area contributed by atoms with Crippen LogP contribution in [0.2, 0.25) is 0 Å². The summed E-state index contributed by atoms with van der Waals surface area (Å²) in [6.07, 6.45) is 0.393. The molecule has 1 aliphatic rings. The summed E-state index contributed by atoms with van der Waals surface area (Å²) in [4.78, 5) is 13.7. The fourth-order valence-corrected chi connectivity index (χ4v) is 2.28. The van der Waals surface area contributed by atoms with Crippen LogP contribution in [0.1, 0.15) is 25.0 Å². The van der Waals surface area contributed by atoms with Crippen molar-refractivity contribution < 1.29 is 13.2 Å². The molecule has 7 heteroatoms. The number of pyridine rings is 1. The van der Waals surface area contributed by atoms with E-state index in [1.807, 2.05) is 0 Å². The second kappa shape index (κ2) is 6.14. The lowest BCUT2D eigenvalue weighted by atomic mass is 10.2. The maximum absolute atomic E-state index is 13.1. The summed E-state index contributed by atoms with van der Waals surface area (Å²) in [5.41, 5.74) is -0.614. The summed E-state index contributed by atoms with van der Waals surface area (Å²) in [6, 6.07) is 5.99. The Hall–Kier alpha value is -2.18. The summed E-state index contributed by atoms with van der Waals surface area (Å²) in [6.45, 7) is 0.681. The lowest BCUT2D eigenvalue weighted by Crippen LogP contribution is -2.22. The van der Waals surface area contributed by atoms with Gasteiger partial charge in [-0.25, -0.2) is 9.97 Å². The van der Waals surface area contributed by atoms with Gasteiger partial charge < -0.3 is 4.90 Å². The largest absolute Gasteiger partial charge is 0.433 e. The molecule has 1 aliphatic carbocycles. The first-order valence-corrected chi connectivity index (χ1v) is 7.52. The molecule has 2 aromatic heterocycles. The zero-order valence-electron chi connectivity index (χ0n) is 12.7. The molecule has 2 heterocycles. The van der Waals surface area contributed by atoms with E-state index in [0.29, 0.717) is 18.2 Å². The van der Waals surface area contributed by atoms with E-state index >= 15 is 0 Å². The van der Waals surface area contributed by atoms with Gasteiger partial charge in [0.25, 0.3) is 0 Å². The number of nitrogens with zero attached hydrogens (tertiary/aromatic N) is 4. The summed E-state index contributed by atoms with van der Waals surface area (Å²) < 4.78 is 39.4. The van der Waals surface area contributed by atoms with Crippen molar-refractivity contribution in [3.05, 3.63) is 36.2 Å². The maximum atomic E-state index is 13.1. The standard InChI is InChI=1S/C16H17F3N4/c1-23(9-7-11-5-6-11)14-10-13(16(17,18)19)21-15(22-14)12-4-2-3-8-20-12/h2-4,8,10-11H,5-7,9H2,1H3. The number of rotatable bonds is 5. The van der Waals surface area contributed by atoms with E-state index < -0.39 is 11.9 Å². The van der Waals surface area contributed by atoms with Crippen molar-refractivity contribution in [1.29, 1.82) is 0 Å². The Morgan fingerprint density at radius 2 is 2.00 bits per heavy atom. The van der Waals surface area contributed by atoms with Crippen molar-refractivity contribution in [3.63, 3.8) is 0 Å². The quantitative estimate of drug-likeness (QED) is 0.840. The van der Waals surface area contributed by atoms with Gasteiger partial charge in [0, 0.05) is 25.9 Å². The molecule has 0 amide bonds. The van der Waals surface area contributed by atoms with Gasteiger partial charge in [-0.2, -0.15) is 13.2 Å². The van der Waals surface area contributed by atoms with Crippen molar-refractivity contribution in [2.45, 2.75) is 25.4 Å². The van der Waals surface area contributed by atoms with Crippen LogP contribution in [0, 0.1) is 5.92 Å². The second-order valence-electron chi connectivity index (χ2n) is 5.80. The molecule has 2 aromatic rings. The minimum atomic E-state index is -4.52. The lowest BCUT2D eigenvalue weighted by Gasteiger charge is -2.20. The molecule has 0 aromatic carbocycles. The van der Waals surface area contributed by atoms with Crippen molar-refractivity contribution in [3.8, 4) is 11.5 Å². The molecule has 0 radical (unpaired) electrons. The minimum absolute atomic E-state index is 0.00584. The Bertz CT molecular complexity index is 669. The van der Waals surface area contributed by atoms with E-state index in [0.717, 1.165) is 12.5 Å². The fraction of sp³-hybridized carbons (Fsp3) is 0.438. The summed E-state index contributed by atoms with van der Waals surface area (Å²) in [5, 5.41) is 0. The molecule has 0 atom stereocenters. The Balaban J connectivity index is 1.94. The van der Waals surface area contributed by atoms with Crippen LogP contribution >= 0.6 is 0 Å². The molecule has 23 heavy (non-hydrogen) atoms. The first-order valence-electron chi connectivity index (χ1n) is 7.52. The molecule has 4 nitrogen and oxygen atoms in total. The van der Waals surface area contributed by atoms with Gasteiger partial charge >= 0.3 is 6.18 Å². The summed E-state index contributed by atoms with van der Waals surface area (Å²) in [7, 11) is 1.76. The van der Waals surface area contributed by atoms with Crippen molar-refractivity contribution in [2.24, 2.45) is 5.92 Å². The van der Waals surface area contributed by atoms with E-state index in [2.05, 4.69) is 15.0 Å². The van der Waals surface area contributed by atoms with Crippen molar-refractivity contribution in [2.75, 3.05) is 18.5 Å². The first-order chi connectivity index (χ1) is 10.9. The first kappa shape index (κ1) is 15.7. The Kier molecular flexibility index (Phi) is 4.19. The normalized spacial score (nSPS) is 14.8. The highest BCUT2D eigenvalue weighted by atomic mass is 19.4. The van der Waals surface area contributed by atoms with Gasteiger partial charge in [0.05, 0.1) is 0 Å². The average molecular weight is 322 g/mol. The molecular formula is C16H17F3N4. The Morgan fingerprint density at radius 3 is 2.61 bits per heavy atom. The molecule has 0 aliphatic heterocycles. The van der Waals surface area contributed by atoms with Crippen molar-refractivity contribution >= 4 is 5.82 Å². The number of aromatic nitrogens is 3. The third-order valence-electron chi connectivity index (χ3n) is 3.86. The molecule has 0 N–H and O–H groups in total. The molecule has 1 fully saturated rings. The van der Waals surface area contributed by atoms with Crippen LogP contribution in [0.15, 0.2) is 30.5 Å². The monoisotopic (exact) mass is 322 g/mol. The van der Waals surface area contributed by atoms with Crippen LogP contribution in [0.4, 0.5) is 19.0 Å². The highest BCUT2D eigenvalue weighted by Crippen LogP contribution is 2.34. The van der Waals surface area contributed by atoms with E-state index in [9.17, 15) is 13.2 Å². The van der Waals surface area contributed by atoms with Crippen LogP contribution in [0.5, 0.6) is 0 Å². The zero-order valence-corrected chi connectivity index (χ0v) is 12.7. The molecule has 0 bridgehead atoms. The second-order valence-corrected chi connectivity index (χ2v) is 5.80. The number of hydrogen-bond donors (Lipinski definition) is 0. The molecule has 122 valence electrons. The van der Waals surface area contributed by atoms with E-state index in [1.54, 1.807) is 30.1 Å². The van der Waals surface area contributed by atoms with Crippen LogP contribution in [0.25, 0.3) is 11.5 Å². The van der Waals surface area contributed by atoms with E-state index in [4.69, 9.17) is 0 Å². The van der Waals surface area contributed by atoms with E-state index in [1.165, 1.54) is 19.0 Å². The van der Waals surface area contributed by atoms with Crippen LogP contribution < -0.4 is 4.90 Å². The topological polar surface area (TPSA) is 41.9 Å². The molecule has 0 unspecified atom stereocenters. The molecule has 0 spiro atoms. The highest BCUT2D eigenvalue weighted by Gasteiger charge is 2.34. The van der Waals surface area contributed by atoms with Gasteiger partial charge in [-0.1, -0.05) is 18.9 Å². The average Bonchev–Trinajstić information content (AvgIpc) is 3.36. The predicted molar refractivity (Wildman–Crippen MR) is 80.9 cm³/mol. The van der Waals surface area contributed by atoms with Crippen LogP contribution in [-0.4, -0.2) is 28.5 Å². The predicted octanol–water partition coefficient (Wildman–Crippen LogP) is 3.79. The summed E-state index contributed by atoms with van der Waals surface area (Å²) in [5.74, 6) is 0.971. The molecular weight excluding hydrogens is 305 g/mol. The van der Waals surface area contributed by atoms with Crippen molar-refractivity contribution in [1.82, 2.24) is 15.0 Å². The number of alkyl halides is 3. The van der Waals surface area contributed by atoms with E-state index in [-0.39, 0.29) is 11.6 Å². The van der Waals surface area contributed by atoms with Gasteiger partial charge in [0.1, 0.15) is 11.5 Å². The number of anilines is 1. The Labute approximate surface area is 132 Å². The molecule has 3 rings (SSSR count). The third kappa shape index (κ3) is 3.97. The number of hydrogen-bond acceptors (Lipinski definition) is 4. The van der Waals surface area contributed by atoms with Gasteiger partial charge in [-0.3, -0.25) is 4.98 Å². The van der Waals surface area contributed by atoms with Gasteiger partial charge in [0.15, 0.2) is 11.5 Å². The smallest absolute Gasteiger partial charge is 0.360 e. The highest BCUT2D eigenvalue weighted by molar-refractivity contribution is 5.53. The lowest BCUT2D eigenvalue weighted by molar-refractivity contribution is -0.141. The van der Waals surface area contributed by atoms with Gasteiger partial charge in [-0.15, -0.1) is 0 Å². The minimum Gasteiger partial charge on any atom is -0.360 e. The maximum Gasteiger partial charge on any atom is 0.433 e.